The third kappa shape index (κ3) is 5.31. The molecular weight excluding hydrogens is 357 g/mol. The zero-order valence-corrected chi connectivity index (χ0v) is 13.5. The molecule has 0 aliphatic heterocycles. The van der Waals surface area contributed by atoms with E-state index in [1.807, 2.05) is 0 Å². The van der Waals surface area contributed by atoms with E-state index < -0.39 is 42.7 Å². The number of alkyl halides is 3. The topological polar surface area (TPSA) is 110 Å². The van der Waals surface area contributed by atoms with E-state index in [9.17, 15) is 32.7 Å². The first-order valence-corrected chi connectivity index (χ1v) is 7.22. The van der Waals surface area contributed by atoms with Gasteiger partial charge < -0.3 is 20.5 Å². The van der Waals surface area contributed by atoms with Gasteiger partial charge in [0.25, 0.3) is 0 Å². The molecule has 0 radical (unpaired) electrons. The van der Waals surface area contributed by atoms with Crippen molar-refractivity contribution in [1.29, 1.82) is 0 Å². The molecule has 1 aromatic carbocycles. The molecule has 1 amide bonds. The number of benzene rings is 1. The number of hydrogen-bond donors (Lipinski definition) is 2. The summed E-state index contributed by atoms with van der Waals surface area (Å²) in [6, 6.07) is 8.16. The predicted octanol–water partition coefficient (Wildman–Crippen LogP) is 1.09. The van der Waals surface area contributed by atoms with Crippen molar-refractivity contribution >= 4 is 17.8 Å². The van der Waals surface area contributed by atoms with E-state index in [1.54, 1.807) is 30.3 Å². The van der Waals surface area contributed by atoms with Gasteiger partial charge in [0, 0.05) is 6.54 Å². The van der Waals surface area contributed by atoms with E-state index in [1.165, 1.54) is 0 Å². The number of halogens is 3. The van der Waals surface area contributed by atoms with Crippen LogP contribution in [0, 0.1) is 0 Å². The van der Waals surface area contributed by atoms with Crippen LogP contribution in [-0.2, 0) is 25.7 Å². The molecule has 7 nitrogen and oxygen atoms in total. The Morgan fingerprint density at radius 1 is 1.23 bits per heavy atom. The third-order valence-corrected chi connectivity index (χ3v) is 3.28. The molecule has 0 heterocycles. The maximum Gasteiger partial charge on any atom is 0.471 e. The number of carboxylic acid groups (broad SMARTS) is 1. The molecular formula is C16H17F3N2O5. The van der Waals surface area contributed by atoms with Gasteiger partial charge in [-0.05, 0) is 5.56 Å². The highest BCUT2D eigenvalue weighted by Gasteiger charge is 2.50. The number of nitrogens with zero attached hydrogens (tertiary/aromatic N) is 1. The first-order chi connectivity index (χ1) is 12.0. The van der Waals surface area contributed by atoms with Crippen LogP contribution in [0.15, 0.2) is 43.0 Å². The van der Waals surface area contributed by atoms with Crippen LogP contribution in [0.2, 0.25) is 0 Å². The molecule has 0 aromatic heterocycles. The van der Waals surface area contributed by atoms with E-state index >= 15 is 0 Å². The lowest BCUT2D eigenvalue weighted by Gasteiger charge is -2.30. The predicted molar refractivity (Wildman–Crippen MR) is 83.6 cm³/mol. The molecule has 3 N–H and O–H groups in total. The Morgan fingerprint density at radius 2 is 1.81 bits per heavy atom. The lowest BCUT2D eigenvalue weighted by atomic mass is 10.0. The summed E-state index contributed by atoms with van der Waals surface area (Å²) in [5, 5.41) is 9.23. The van der Waals surface area contributed by atoms with Gasteiger partial charge in [-0.3, -0.25) is 4.79 Å². The molecule has 0 fully saturated rings. The van der Waals surface area contributed by atoms with Crippen molar-refractivity contribution < 1.29 is 37.4 Å². The normalized spacial score (nSPS) is 13.4. The molecule has 0 unspecified atom stereocenters. The number of ether oxygens (including phenoxy) is 1. The standard InChI is InChI=1S/C16H17F3N2O5/c1-2-8-21(12(22)16(17,18)19)10-15(20,13(23)24)14(25)26-9-11-6-4-3-5-7-11/h2-7H,1,8-10,20H2,(H,23,24)/t15-/m0/s1. The molecule has 26 heavy (non-hydrogen) atoms. The maximum atomic E-state index is 12.6. The smallest absolute Gasteiger partial charge is 0.471 e. The number of rotatable bonds is 8. The Bertz CT molecular complexity index is 678. The summed E-state index contributed by atoms with van der Waals surface area (Å²) < 4.78 is 42.7. The Balaban J connectivity index is 2.98. The molecule has 0 spiro atoms. The van der Waals surface area contributed by atoms with E-state index in [4.69, 9.17) is 10.5 Å². The molecule has 0 aliphatic rings. The summed E-state index contributed by atoms with van der Waals surface area (Å²) >= 11 is 0. The van der Waals surface area contributed by atoms with Crippen LogP contribution in [0.1, 0.15) is 5.56 Å². The van der Waals surface area contributed by atoms with Gasteiger partial charge >= 0.3 is 24.0 Å². The van der Waals surface area contributed by atoms with Crippen LogP contribution in [0.5, 0.6) is 0 Å². The Hall–Kier alpha value is -2.88. The molecule has 1 aromatic rings. The van der Waals surface area contributed by atoms with Crippen LogP contribution in [0.3, 0.4) is 0 Å². The Morgan fingerprint density at radius 3 is 2.27 bits per heavy atom. The van der Waals surface area contributed by atoms with Gasteiger partial charge in [0.05, 0.1) is 6.54 Å². The average molecular weight is 374 g/mol. The number of hydrogen-bond acceptors (Lipinski definition) is 5. The van der Waals surface area contributed by atoms with Crippen molar-refractivity contribution in [1.82, 2.24) is 4.90 Å². The molecule has 0 bridgehead atoms. The van der Waals surface area contributed by atoms with Gasteiger partial charge in [-0.15, -0.1) is 6.58 Å². The monoisotopic (exact) mass is 374 g/mol. The second kappa shape index (κ2) is 8.48. The van der Waals surface area contributed by atoms with Gasteiger partial charge in [0.15, 0.2) is 0 Å². The largest absolute Gasteiger partial charge is 0.479 e. The van der Waals surface area contributed by atoms with Gasteiger partial charge in [-0.2, -0.15) is 13.2 Å². The van der Waals surface area contributed by atoms with E-state index in [2.05, 4.69) is 6.58 Å². The molecule has 10 heteroatoms. The quantitative estimate of drug-likeness (QED) is 0.400. The lowest BCUT2D eigenvalue weighted by molar-refractivity contribution is -0.187. The average Bonchev–Trinajstić information content (AvgIpc) is 2.58. The lowest BCUT2D eigenvalue weighted by Crippen LogP contribution is -2.63. The van der Waals surface area contributed by atoms with Gasteiger partial charge in [0.2, 0.25) is 5.54 Å². The number of nitrogens with two attached hydrogens (primary N) is 1. The fraction of sp³-hybridized carbons (Fsp3) is 0.312. The third-order valence-electron chi connectivity index (χ3n) is 3.28. The van der Waals surface area contributed by atoms with Crippen LogP contribution >= 0.6 is 0 Å². The van der Waals surface area contributed by atoms with Crippen molar-refractivity contribution in [2.24, 2.45) is 5.73 Å². The summed E-state index contributed by atoms with van der Waals surface area (Å²) in [7, 11) is 0. The Labute approximate surface area is 146 Å². The summed E-state index contributed by atoms with van der Waals surface area (Å²) in [5.41, 5.74) is 3.13. The van der Waals surface area contributed by atoms with Gasteiger partial charge in [0.1, 0.15) is 6.61 Å². The van der Waals surface area contributed by atoms with Crippen LogP contribution in [0.25, 0.3) is 0 Å². The highest BCUT2D eigenvalue weighted by atomic mass is 19.4. The zero-order chi connectivity index (χ0) is 20.0. The van der Waals surface area contributed by atoms with E-state index in [0.717, 1.165) is 6.08 Å². The first kappa shape index (κ1) is 21.2. The summed E-state index contributed by atoms with van der Waals surface area (Å²) in [5.74, 6) is -5.75. The molecule has 0 saturated heterocycles. The number of carbonyl (C=O) groups is 3. The van der Waals surface area contributed by atoms with Crippen LogP contribution < -0.4 is 5.73 Å². The minimum atomic E-state index is -5.27. The first-order valence-electron chi connectivity index (χ1n) is 7.22. The van der Waals surface area contributed by atoms with Crippen molar-refractivity contribution in [3.63, 3.8) is 0 Å². The Kier molecular flexibility index (Phi) is 6.90. The molecule has 0 aliphatic carbocycles. The number of aliphatic carboxylic acids is 1. The minimum absolute atomic E-state index is 0.0743. The number of amides is 1. The summed E-state index contributed by atoms with van der Waals surface area (Å²) in [6.45, 7) is 0.970. The fourth-order valence-electron chi connectivity index (χ4n) is 1.93. The second-order valence-electron chi connectivity index (χ2n) is 5.31. The maximum absolute atomic E-state index is 12.6. The fourth-order valence-corrected chi connectivity index (χ4v) is 1.93. The molecule has 1 rings (SSSR count). The molecule has 0 saturated carbocycles. The van der Waals surface area contributed by atoms with Crippen molar-refractivity contribution in [2.45, 2.75) is 18.3 Å². The zero-order valence-electron chi connectivity index (χ0n) is 13.5. The summed E-state index contributed by atoms with van der Waals surface area (Å²) in [6.07, 6.45) is -4.32. The minimum Gasteiger partial charge on any atom is -0.479 e. The number of carbonyl (C=O) groups excluding carboxylic acids is 2. The number of esters is 1. The highest BCUT2D eigenvalue weighted by Crippen LogP contribution is 2.20. The molecule has 1 atom stereocenters. The van der Waals surface area contributed by atoms with Crippen molar-refractivity contribution in [2.75, 3.05) is 13.1 Å². The van der Waals surface area contributed by atoms with Crippen molar-refractivity contribution in [3.05, 3.63) is 48.6 Å². The van der Waals surface area contributed by atoms with Gasteiger partial charge in [-0.25, -0.2) is 9.59 Å². The van der Waals surface area contributed by atoms with E-state index in [-0.39, 0.29) is 11.5 Å². The highest BCUT2D eigenvalue weighted by molar-refractivity contribution is 6.04. The SMILES string of the molecule is C=CCN(C[C@](N)(C(=O)O)C(=O)OCc1ccccc1)C(=O)C(F)(F)F. The number of carboxylic acids is 1. The van der Waals surface area contributed by atoms with Gasteiger partial charge in [-0.1, -0.05) is 36.4 Å². The van der Waals surface area contributed by atoms with Crippen LogP contribution in [0.4, 0.5) is 13.2 Å². The summed E-state index contributed by atoms with van der Waals surface area (Å²) in [4.78, 5) is 35.0. The van der Waals surface area contributed by atoms with Crippen molar-refractivity contribution in [3.8, 4) is 0 Å². The second-order valence-corrected chi connectivity index (χ2v) is 5.31. The van der Waals surface area contributed by atoms with E-state index in [0.29, 0.717) is 5.56 Å². The van der Waals surface area contributed by atoms with Crippen LogP contribution in [-0.4, -0.2) is 52.7 Å². The molecule has 142 valence electrons.